The monoisotopic (exact) mass is 344 g/mol. The predicted molar refractivity (Wildman–Crippen MR) is 97.1 cm³/mol. The highest BCUT2D eigenvalue weighted by atomic mass is 35.5. The molecular formula is C19H21ClN2O2. The molecule has 2 N–H and O–H groups in total. The lowest BCUT2D eigenvalue weighted by atomic mass is 10.0. The minimum Gasteiger partial charge on any atom is -0.352 e. The Morgan fingerprint density at radius 3 is 2.29 bits per heavy atom. The van der Waals surface area contributed by atoms with Gasteiger partial charge in [0.25, 0.3) is 0 Å². The Kier molecular flexibility index (Phi) is 6.38. The zero-order valence-corrected chi connectivity index (χ0v) is 14.6. The molecule has 0 saturated heterocycles. The van der Waals surface area contributed by atoms with Crippen molar-refractivity contribution >= 4 is 29.1 Å². The van der Waals surface area contributed by atoms with Crippen molar-refractivity contribution in [1.29, 1.82) is 0 Å². The van der Waals surface area contributed by atoms with Crippen LogP contribution in [0.2, 0.25) is 5.02 Å². The van der Waals surface area contributed by atoms with Gasteiger partial charge in [-0.15, -0.1) is 0 Å². The number of anilines is 1. The van der Waals surface area contributed by atoms with Crippen LogP contribution in [0.5, 0.6) is 0 Å². The van der Waals surface area contributed by atoms with Crippen LogP contribution in [0.4, 0.5) is 5.69 Å². The number of benzene rings is 2. The van der Waals surface area contributed by atoms with E-state index in [9.17, 15) is 9.59 Å². The van der Waals surface area contributed by atoms with E-state index in [1.807, 2.05) is 42.5 Å². The lowest BCUT2D eigenvalue weighted by molar-refractivity contribution is -0.126. The molecule has 0 bridgehead atoms. The quantitative estimate of drug-likeness (QED) is 0.775. The second-order valence-electron chi connectivity index (χ2n) is 5.87. The molecule has 0 saturated carbocycles. The highest BCUT2D eigenvalue weighted by Gasteiger charge is 2.10. The Morgan fingerprint density at radius 2 is 1.67 bits per heavy atom. The van der Waals surface area contributed by atoms with E-state index in [1.165, 1.54) is 5.56 Å². The van der Waals surface area contributed by atoms with Crippen LogP contribution in [0.1, 0.15) is 37.3 Å². The molecule has 0 aliphatic heterocycles. The minimum absolute atomic E-state index is 0.226. The van der Waals surface area contributed by atoms with Gasteiger partial charge in [-0.1, -0.05) is 55.8 Å². The van der Waals surface area contributed by atoms with Crippen LogP contribution < -0.4 is 10.6 Å². The van der Waals surface area contributed by atoms with Crippen LogP contribution in [0.15, 0.2) is 48.5 Å². The Bertz CT molecular complexity index is 712. The summed E-state index contributed by atoms with van der Waals surface area (Å²) in [6.45, 7) is 4.52. The van der Waals surface area contributed by atoms with Crippen LogP contribution in [0, 0.1) is 0 Å². The molecule has 0 aliphatic rings. The molecule has 5 heteroatoms. The smallest absolute Gasteiger partial charge is 0.233 e. The summed E-state index contributed by atoms with van der Waals surface area (Å²) in [4.78, 5) is 23.8. The van der Waals surface area contributed by atoms with Gasteiger partial charge in [-0.25, -0.2) is 0 Å². The van der Waals surface area contributed by atoms with Gasteiger partial charge >= 0.3 is 0 Å². The van der Waals surface area contributed by atoms with Crippen molar-refractivity contribution in [3.05, 3.63) is 64.7 Å². The topological polar surface area (TPSA) is 58.2 Å². The number of rotatable bonds is 6. The molecule has 24 heavy (non-hydrogen) atoms. The standard InChI is InChI=1S/C19H21ClN2O2/c1-13(2)14-7-9-16(10-8-14)22-19(24)11-18(23)21-12-15-5-3-4-6-17(15)20/h3-10,13H,11-12H2,1-2H3,(H,21,23)(H,22,24). The van der Waals surface area contributed by atoms with Gasteiger partial charge in [0.05, 0.1) is 0 Å². The molecule has 0 aliphatic carbocycles. The van der Waals surface area contributed by atoms with Crippen molar-refractivity contribution < 1.29 is 9.59 Å². The lowest BCUT2D eigenvalue weighted by Crippen LogP contribution is -2.27. The summed E-state index contributed by atoms with van der Waals surface area (Å²) >= 11 is 6.03. The van der Waals surface area contributed by atoms with Crippen LogP contribution in [0.3, 0.4) is 0 Å². The maximum absolute atomic E-state index is 11.9. The second-order valence-corrected chi connectivity index (χ2v) is 6.28. The van der Waals surface area contributed by atoms with Crippen LogP contribution in [-0.4, -0.2) is 11.8 Å². The second kappa shape index (κ2) is 8.50. The van der Waals surface area contributed by atoms with Gasteiger partial charge in [0.1, 0.15) is 6.42 Å². The van der Waals surface area contributed by atoms with Gasteiger partial charge in [-0.3, -0.25) is 9.59 Å². The third-order valence-electron chi connectivity index (χ3n) is 3.62. The average Bonchev–Trinajstić information content (AvgIpc) is 2.54. The molecule has 0 fully saturated rings. The van der Waals surface area contributed by atoms with Crippen molar-refractivity contribution in [2.45, 2.75) is 32.7 Å². The molecular weight excluding hydrogens is 324 g/mol. The lowest BCUT2D eigenvalue weighted by Gasteiger charge is -2.09. The van der Waals surface area contributed by atoms with E-state index in [4.69, 9.17) is 11.6 Å². The molecule has 2 aromatic rings. The largest absolute Gasteiger partial charge is 0.352 e. The van der Waals surface area contributed by atoms with Crippen molar-refractivity contribution in [1.82, 2.24) is 5.32 Å². The van der Waals surface area contributed by atoms with Crippen molar-refractivity contribution in [2.24, 2.45) is 0 Å². The molecule has 0 spiro atoms. The van der Waals surface area contributed by atoms with E-state index < -0.39 is 0 Å². The number of hydrogen-bond donors (Lipinski definition) is 2. The van der Waals surface area contributed by atoms with Gasteiger partial charge in [0.2, 0.25) is 11.8 Å². The number of amides is 2. The first-order valence-electron chi connectivity index (χ1n) is 7.85. The van der Waals surface area contributed by atoms with Gasteiger partial charge in [0.15, 0.2) is 0 Å². The fourth-order valence-corrected chi connectivity index (χ4v) is 2.40. The fourth-order valence-electron chi connectivity index (χ4n) is 2.20. The van der Waals surface area contributed by atoms with Crippen molar-refractivity contribution in [3.8, 4) is 0 Å². The summed E-state index contributed by atoms with van der Waals surface area (Å²) < 4.78 is 0. The zero-order chi connectivity index (χ0) is 17.5. The number of halogens is 1. The number of carbonyl (C=O) groups is 2. The summed E-state index contributed by atoms with van der Waals surface area (Å²) in [7, 11) is 0. The summed E-state index contributed by atoms with van der Waals surface area (Å²) in [5, 5.41) is 6.01. The van der Waals surface area contributed by atoms with E-state index in [2.05, 4.69) is 24.5 Å². The van der Waals surface area contributed by atoms with Gasteiger partial charge in [-0.05, 0) is 35.2 Å². The molecule has 0 heterocycles. The predicted octanol–water partition coefficient (Wildman–Crippen LogP) is 4.11. The van der Waals surface area contributed by atoms with Gasteiger partial charge in [-0.2, -0.15) is 0 Å². The maximum atomic E-state index is 11.9. The molecule has 126 valence electrons. The molecule has 4 nitrogen and oxygen atoms in total. The SMILES string of the molecule is CC(C)c1ccc(NC(=O)CC(=O)NCc2ccccc2Cl)cc1. The number of hydrogen-bond acceptors (Lipinski definition) is 2. The normalized spacial score (nSPS) is 10.5. The Labute approximate surface area is 147 Å². The highest BCUT2D eigenvalue weighted by molar-refractivity contribution is 6.31. The maximum Gasteiger partial charge on any atom is 0.233 e. The highest BCUT2D eigenvalue weighted by Crippen LogP contribution is 2.17. The van der Waals surface area contributed by atoms with Gasteiger partial charge in [0, 0.05) is 17.3 Å². The van der Waals surface area contributed by atoms with Crippen LogP contribution in [-0.2, 0) is 16.1 Å². The summed E-state index contributed by atoms with van der Waals surface area (Å²) in [5.41, 5.74) is 2.70. The first kappa shape index (κ1) is 18.0. The van der Waals surface area contributed by atoms with Crippen LogP contribution in [0.25, 0.3) is 0 Å². The zero-order valence-electron chi connectivity index (χ0n) is 13.8. The molecule has 2 aromatic carbocycles. The number of nitrogens with one attached hydrogen (secondary N) is 2. The first-order chi connectivity index (χ1) is 11.5. The van der Waals surface area contributed by atoms with Crippen molar-refractivity contribution in [2.75, 3.05) is 5.32 Å². The van der Waals surface area contributed by atoms with Crippen LogP contribution >= 0.6 is 11.6 Å². The Hall–Kier alpha value is -2.33. The molecule has 0 aromatic heterocycles. The van der Waals surface area contributed by atoms with E-state index in [0.717, 1.165) is 5.56 Å². The third kappa shape index (κ3) is 5.39. The van der Waals surface area contributed by atoms with E-state index in [-0.39, 0.29) is 18.2 Å². The van der Waals surface area contributed by atoms with Crippen molar-refractivity contribution in [3.63, 3.8) is 0 Å². The van der Waals surface area contributed by atoms with E-state index >= 15 is 0 Å². The molecule has 0 unspecified atom stereocenters. The molecule has 2 rings (SSSR count). The summed E-state index contributed by atoms with van der Waals surface area (Å²) in [6.07, 6.45) is -0.226. The summed E-state index contributed by atoms with van der Waals surface area (Å²) in [5.74, 6) is -0.250. The van der Waals surface area contributed by atoms with E-state index in [1.54, 1.807) is 6.07 Å². The molecule has 2 amide bonds. The molecule has 0 atom stereocenters. The van der Waals surface area contributed by atoms with E-state index in [0.29, 0.717) is 23.2 Å². The first-order valence-corrected chi connectivity index (χ1v) is 8.23. The Balaban J connectivity index is 1.81. The summed E-state index contributed by atoms with van der Waals surface area (Å²) in [6, 6.07) is 14.9. The average molecular weight is 345 g/mol. The third-order valence-corrected chi connectivity index (χ3v) is 3.98. The minimum atomic E-state index is -0.344. The fraction of sp³-hybridized carbons (Fsp3) is 0.263. The molecule has 0 radical (unpaired) electrons. The number of carbonyl (C=O) groups excluding carboxylic acids is 2. The Morgan fingerprint density at radius 1 is 1.00 bits per heavy atom. The van der Waals surface area contributed by atoms with Gasteiger partial charge < -0.3 is 10.6 Å².